The van der Waals surface area contributed by atoms with E-state index in [1.165, 1.54) is 0 Å². The third kappa shape index (κ3) is 5.64. The average molecular weight is 472 g/mol. The molecular formula is C24H30BrN3O2. The van der Waals surface area contributed by atoms with E-state index in [2.05, 4.69) is 40.1 Å². The quantitative estimate of drug-likeness (QED) is 0.576. The van der Waals surface area contributed by atoms with E-state index in [4.69, 9.17) is 10.5 Å². The maximum absolute atomic E-state index is 12.9. The van der Waals surface area contributed by atoms with Gasteiger partial charge in [0.1, 0.15) is 11.9 Å². The van der Waals surface area contributed by atoms with Crippen molar-refractivity contribution < 1.29 is 9.53 Å². The average Bonchev–Trinajstić information content (AvgIpc) is 2.74. The van der Waals surface area contributed by atoms with Crippen LogP contribution in [0, 0.1) is 0 Å². The molecule has 1 heterocycles. The number of halogens is 1. The molecule has 3 N–H and O–H groups in total. The van der Waals surface area contributed by atoms with Crippen LogP contribution in [0.3, 0.4) is 0 Å². The van der Waals surface area contributed by atoms with Crippen molar-refractivity contribution in [1.82, 2.24) is 10.2 Å². The number of nitrogens with one attached hydrogen (secondary N) is 1. The highest BCUT2D eigenvalue weighted by molar-refractivity contribution is 9.10. The van der Waals surface area contributed by atoms with E-state index in [9.17, 15) is 4.79 Å². The number of nitrogens with two attached hydrogens (primary N) is 1. The molecule has 1 fully saturated rings. The Morgan fingerprint density at radius 2 is 1.87 bits per heavy atom. The lowest BCUT2D eigenvalue weighted by atomic mass is 10.0. The minimum absolute atomic E-state index is 0.161. The van der Waals surface area contributed by atoms with E-state index in [0.29, 0.717) is 11.3 Å². The molecule has 1 amide bonds. The number of carbonyl (C=O) groups excluding carboxylic acids is 1. The molecule has 30 heavy (non-hydrogen) atoms. The SMILES string of the molecule is CC/C(C)=C(\NC(=O)c1ccc(OC2CCN(C)CC2)cc1)c1ccc(Br)cc1N. The second-order valence-corrected chi connectivity index (χ2v) is 8.76. The molecule has 1 saturated heterocycles. The first kappa shape index (κ1) is 22.4. The number of ether oxygens (including phenoxy) is 1. The molecule has 0 saturated carbocycles. The largest absolute Gasteiger partial charge is 0.490 e. The highest BCUT2D eigenvalue weighted by Gasteiger charge is 2.18. The van der Waals surface area contributed by atoms with Gasteiger partial charge in [0.2, 0.25) is 0 Å². The van der Waals surface area contributed by atoms with Gasteiger partial charge in [0, 0.05) is 40.1 Å². The molecule has 0 spiro atoms. The lowest BCUT2D eigenvalue weighted by Gasteiger charge is -2.29. The molecule has 160 valence electrons. The van der Waals surface area contributed by atoms with E-state index < -0.39 is 0 Å². The summed E-state index contributed by atoms with van der Waals surface area (Å²) in [4.78, 5) is 15.2. The van der Waals surface area contributed by atoms with Gasteiger partial charge in [-0.3, -0.25) is 4.79 Å². The lowest BCUT2D eigenvalue weighted by Crippen LogP contribution is -2.35. The molecule has 1 aliphatic rings. The first-order valence-electron chi connectivity index (χ1n) is 10.4. The zero-order chi connectivity index (χ0) is 21.7. The van der Waals surface area contributed by atoms with Crippen LogP contribution in [0.2, 0.25) is 0 Å². The molecule has 0 atom stereocenters. The van der Waals surface area contributed by atoms with Crippen LogP contribution in [0.5, 0.6) is 5.75 Å². The first-order chi connectivity index (χ1) is 14.4. The van der Waals surface area contributed by atoms with E-state index in [1.807, 2.05) is 49.4 Å². The molecule has 3 rings (SSSR count). The molecule has 0 radical (unpaired) electrons. The molecule has 6 heteroatoms. The summed E-state index contributed by atoms with van der Waals surface area (Å²) >= 11 is 3.43. The Labute approximate surface area is 187 Å². The molecule has 5 nitrogen and oxygen atoms in total. The molecule has 2 aromatic rings. The van der Waals surface area contributed by atoms with Crippen molar-refractivity contribution in [3.05, 3.63) is 63.6 Å². The van der Waals surface area contributed by atoms with Gasteiger partial charge in [0.15, 0.2) is 0 Å². The van der Waals surface area contributed by atoms with Crippen LogP contribution in [-0.2, 0) is 0 Å². The Hall–Kier alpha value is -2.31. The monoisotopic (exact) mass is 471 g/mol. The van der Waals surface area contributed by atoms with Crippen LogP contribution in [0.4, 0.5) is 5.69 Å². The second kappa shape index (κ2) is 10.1. The predicted octanol–water partition coefficient (Wildman–Crippen LogP) is 5.08. The molecule has 1 aliphatic heterocycles. The molecule has 2 aromatic carbocycles. The van der Waals surface area contributed by atoms with Crippen LogP contribution in [0.1, 0.15) is 49.0 Å². The van der Waals surface area contributed by atoms with Crippen molar-refractivity contribution in [3.63, 3.8) is 0 Å². The minimum atomic E-state index is -0.161. The summed E-state index contributed by atoms with van der Waals surface area (Å²) in [5.41, 5.74) is 10.1. The van der Waals surface area contributed by atoms with Crippen LogP contribution < -0.4 is 15.8 Å². The number of likely N-dealkylation sites (tertiary alicyclic amines) is 1. The summed E-state index contributed by atoms with van der Waals surface area (Å²) in [6.07, 6.45) is 3.10. The Morgan fingerprint density at radius 3 is 2.47 bits per heavy atom. The minimum Gasteiger partial charge on any atom is -0.490 e. The van der Waals surface area contributed by atoms with Crippen molar-refractivity contribution in [3.8, 4) is 5.75 Å². The normalized spacial score (nSPS) is 16.1. The summed E-state index contributed by atoms with van der Waals surface area (Å²) in [7, 11) is 2.13. The highest BCUT2D eigenvalue weighted by Crippen LogP contribution is 2.27. The third-order valence-corrected chi connectivity index (χ3v) is 6.06. The van der Waals surface area contributed by atoms with E-state index in [-0.39, 0.29) is 12.0 Å². The summed E-state index contributed by atoms with van der Waals surface area (Å²) in [5, 5.41) is 3.07. The van der Waals surface area contributed by atoms with Gasteiger partial charge >= 0.3 is 0 Å². The van der Waals surface area contributed by atoms with Gasteiger partial charge in [0.05, 0.1) is 0 Å². The highest BCUT2D eigenvalue weighted by atomic mass is 79.9. The van der Waals surface area contributed by atoms with Gasteiger partial charge < -0.3 is 20.7 Å². The Kier molecular flexibility index (Phi) is 7.56. The number of hydrogen-bond acceptors (Lipinski definition) is 4. The van der Waals surface area contributed by atoms with Crippen molar-refractivity contribution in [2.45, 2.75) is 39.2 Å². The van der Waals surface area contributed by atoms with Crippen LogP contribution in [-0.4, -0.2) is 37.0 Å². The zero-order valence-electron chi connectivity index (χ0n) is 17.9. The molecule has 0 bridgehead atoms. The smallest absolute Gasteiger partial charge is 0.255 e. The Bertz CT molecular complexity index is 917. The number of hydrogen-bond donors (Lipinski definition) is 2. The predicted molar refractivity (Wildman–Crippen MR) is 126 cm³/mol. The summed E-state index contributed by atoms with van der Waals surface area (Å²) in [6.45, 7) is 6.17. The summed E-state index contributed by atoms with van der Waals surface area (Å²) in [6, 6.07) is 13.1. The van der Waals surface area contributed by atoms with E-state index in [0.717, 1.165) is 59.4 Å². The maximum atomic E-state index is 12.9. The number of benzene rings is 2. The van der Waals surface area contributed by atoms with Crippen LogP contribution >= 0.6 is 15.9 Å². The van der Waals surface area contributed by atoms with Gasteiger partial charge in [-0.25, -0.2) is 0 Å². The number of carbonyl (C=O) groups is 1. The lowest BCUT2D eigenvalue weighted by molar-refractivity contribution is 0.0973. The number of amides is 1. The van der Waals surface area contributed by atoms with Crippen molar-refractivity contribution >= 4 is 33.2 Å². The zero-order valence-corrected chi connectivity index (χ0v) is 19.5. The van der Waals surface area contributed by atoms with Crippen molar-refractivity contribution in [2.24, 2.45) is 0 Å². The van der Waals surface area contributed by atoms with Crippen molar-refractivity contribution in [1.29, 1.82) is 0 Å². The van der Waals surface area contributed by atoms with Gasteiger partial charge in [-0.2, -0.15) is 0 Å². The first-order valence-corrected chi connectivity index (χ1v) is 11.2. The fourth-order valence-electron chi connectivity index (χ4n) is 3.51. The number of anilines is 1. The van der Waals surface area contributed by atoms with E-state index >= 15 is 0 Å². The topological polar surface area (TPSA) is 67.6 Å². The number of nitrogens with zero attached hydrogens (tertiary/aromatic N) is 1. The molecular weight excluding hydrogens is 442 g/mol. The number of piperidine rings is 1. The fourth-order valence-corrected chi connectivity index (χ4v) is 3.89. The fraction of sp³-hybridized carbons (Fsp3) is 0.375. The molecule has 0 aromatic heterocycles. The number of allylic oxidation sites excluding steroid dienone is 1. The van der Waals surface area contributed by atoms with Gasteiger partial charge in [-0.05, 0) is 81.3 Å². The van der Waals surface area contributed by atoms with Crippen LogP contribution in [0.25, 0.3) is 5.70 Å². The third-order valence-electron chi connectivity index (χ3n) is 5.56. The number of nitrogen functional groups attached to an aromatic ring is 1. The second-order valence-electron chi connectivity index (χ2n) is 7.84. The van der Waals surface area contributed by atoms with Crippen LogP contribution in [0.15, 0.2) is 52.5 Å². The number of rotatable bonds is 6. The van der Waals surface area contributed by atoms with Gasteiger partial charge in [-0.1, -0.05) is 22.9 Å². The standard InChI is InChI=1S/C24H30BrN3O2/c1-4-16(2)23(21-10-7-18(25)15-22(21)26)27-24(29)17-5-8-19(9-6-17)30-20-11-13-28(3)14-12-20/h5-10,15,20H,4,11-14,26H2,1-3H3,(H,27,29)/b23-16-. The summed E-state index contributed by atoms with van der Waals surface area (Å²) in [5.74, 6) is 0.643. The molecule has 0 unspecified atom stereocenters. The Morgan fingerprint density at radius 1 is 1.20 bits per heavy atom. The molecule has 0 aliphatic carbocycles. The Balaban J connectivity index is 1.71. The maximum Gasteiger partial charge on any atom is 0.255 e. The van der Waals surface area contributed by atoms with E-state index in [1.54, 1.807) is 0 Å². The van der Waals surface area contributed by atoms with Gasteiger partial charge in [-0.15, -0.1) is 0 Å². The van der Waals surface area contributed by atoms with Gasteiger partial charge in [0.25, 0.3) is 5.91 Å². The van der Waals surface area contributed by atoms with Crippen molar-refractivity contribution in [2.75, 3.05) is 25.9 Å². The summed E-state index contributed by atoms with van der Waals surface area (Å²) < 4.78 is 6.99.